The van der Waals surface area contributed by atoms with Crippen molar-refractivity contribution >= 4 is 28.4 Å². The molecule has 2 aromatic carbocycles. The second-order valence-electron chi connectivity index (χ2n) is 9.26. The van der Waals surface area contributed by atoms with E-state index in [-0.39, 0.29) is 31.0 Å². The van der Waals surface area contributed by atoms with Crippen LogP contribution >= 0.6 is 11.6 Å². The number of aromatic nitrogens is 1. The van der Waals surface area contributed by atoms with Crippen molar-refractivity contribution in [1.82, 2.24) is 20.5 Å². The minimum Gasteiger partial charge on any atom is -0.505 e. The zero-order valence-electron chi connectivity index (χ0n) is 21.6. The normalized spacial score (nSPS) is 14.2. The Morgan fingerprint density at radius 2 is 1.97 bits per heavy atom. The summed E-state index contributed by atoms with van der Waals surface area (Å²) in [4.78, 5) is 19.8. The lowest BCUT2D eigenvalue weighted by molar-refractivity contribution is -0.120. The molecule has 0 aliphatic carbocycles. The number of benzene rings is 2. The lowest BCUT2D eigenvalue weighted by Gasteiger charge is -2.23. The van der Waals surface area contributed by atoms with E-state index in [1.165, 1.54) is 0 Å². The predicted octanol–water partition coefficient (Wildman–Crippen LogP) is 4.63. The first kappa shape index (κ1) is 27.0. The number of nitrogens with zero attached hydrogens (tertiary/aromatic N) is 2. The minimum atomic E-state index is -0.675. The number of nitrogens with one attached hydrogen (secondary N) is 2. The summed E-state index contributed by atoms with van der Waals surface area (Å²) in [6.07, 6.45) is 3.64. The fourth-order valence-corrected chi connectivity index (χ4v) is 4.87. The van der Waals surface area contributed by atoms with E-state index in [1.807, 2.05) is 12.1 Å². The molecule has 2 heterocycles. The molecule has 0 radical (unpaired) electrons. The average Bonchev–Trinajstić information content (AvgIpc) is 3.39. The Morgan fingerprint density at radius 1 is 1.19 bits per heavy atom. The number of phenolic OH excluding ortho intramolecular Hbond substituents is 1. The molecular formula is C28H35ClN4O4. The summed E-state index contributed by atoms with van der Waals surface area (Å²) in [5.74, 6) is 0.994. The number of carbonyl (C=O) groups is 1. The van der Waals surface area contributed by atoms with Crippen LogP contribution in [0.5, 0.6) is 17.2 Å². The summed E-state index contributed by atoms with van der Waals surface area (Å²) in [5.41, 5.74) is 1.56. The fraction of sp³-hybridized carbons (Fsp3) is 0.429. The van der Waals surface area contributed by atoms with Gasteiger partial charge in [0.2, 0.25) is 12.7 Å². The van der Waals surface area contributed by atoms with Gasteiger partial charge in [-0.2, -0.15) is 0 Å². The Morgan fingerprint density at radius 3 is 2.76 bits per heavy atom. The van der Waals surface area contributed by atoms with E-state index in [2.05, 4.69) is 41.3 Å². The summed E-state index contributed by atoms with van der Waals surface area (Å²) in [6, 6.07) is 10.2. The van der Waals surface area contributed by atoms with Crippen molar-refractivity contribution in [2.24, 2.45) is 0 Å². The summed E-state index contributed by atoms with van der Waals surface area (Å²) in [6.45, 7) is 9.85. The molecule has 2 atom stereocenters. The van der Waals surface area contributed by atoms with Crippen molar-refractivity contribution in [3.8, 4) is 17.2 Å². The first-order valence-electron chi connectivity index (χ1n) is 12.8. The van der Waals surface area contributed by atoms with E-state index >= 15 is 0 Å². The molecule has 3 aromatic rings. The minimum absolute atomic E-state index is 0.0271. The van der Waals surface area contributed by atoms with Crippen LogP contribution in [0.4, 0.5) is 0 Å². The number of ether oxygens (including phenoxy) is 2. The Kier molecular flexibility index (Phi) is 9.08. The summed E-state index contributed by atoms with van der Waals surface area (Å²) >= 11 is 6.57. The average molecular weight is 527 g/mol. The largest absolute Gasteiger partial charge is 0.505 e. The third kappa shape index (κ3) is 6.44. The molecule has 2 unspecified atom stereocenters. The maximum absolute atomic E-state index is 13.1. The quantitative estimate of drug-likeness (QED) is 0.316. The van der Waals surface area contributed by atoms with Gasteiger partial charge in [-0.15, -0.1) is 0 Å². The van der Waals surface area contributed by atoms with Gasteiger partial charge in [-0.3, -0.25) is 9.78 Å². The lowest BCUT2D eigenvalue weighted by atomic mass is 9.95. The van der Waals surface area contributed by atoms with E-state index in [0.29, 0.717) is 33.0 Å². The van der Waals surface area contributed by atoms with Gasteiger partial charge in [0.05, 0.1) is 17.6 Å². The molecule has 8 nitrogen and oxygen atoms in total. The van der Waals surface area contributed by atoms with Crippen LogP contribution in [0, 0.1) is 0 Å². The highest BCUT2D eigenvalue weighted by Gasteiger charge is 2.25. The van der Waals surface area contributed by atoms with Gasteiger partial charge in [-0.05, 0) is 75.3 Å². The van der Waals surface area contributed by atoms with Crippen molar-refractivity contribution in [3.05, 3.63) is 58.7 Å². The van der Waals surface area contributed by atoms with E-state index in [9.17, 15) is 9.90 Å². The Labute approximate surface area is 222 Å². The monoisotopic (exact) mass is 526 g/mol. The molecule has 1 amide bonds. The summed E-state index contributed by atoms with van der Waals surface area (Å²) in [5, 5.41) is 18.6. The van der Waals surface area contributed by atoms with Crippen molar-refractivity contribution < 1.29 is 19.4 Å². The van der Waals surface area contributed by atoms with Crippen molar-refractivity contribution in [3.63, 3.8) is 0 Å². The Hall–Kier alpha value is -3.07. The third-order valence-electron chi connectivity index (χ3n) is 6.81. The predicted molar refractivity (Wildman–Crippen MR) is 145 cm³/mol. The van der Waals surface area contributed by atoms with Gasteiger partial charge in [0.25, 0.3) is 0 Å². The van der Waals surface area contributed by atoms with E-state index in [1.54, 1.807) is 30.5 Å². The molecule has 1 aliphatic rings. The first-order chi connectivity index (χ1) is 17.9. The molecule has 0 saturated carbocycles. The number of fused-ring (bicyclic) bond motifs is 2. The molecule has 198 valence electrons. The molecule has 0 spiro atoms. The SMILES string of the molecule is CCN(CC)CCCC(C)NCC(=O)NC(c1ccc2c(c1)OCO2)c1cc(Cl)c2cccnc2c1O. The maximum atomic E-state index is 13.1. The number of halogens is 1. The van der Waals surface area contributed by atoms with Crippen LogP contribution in [-0.4, -0.2) is 59.9 Å². The van der Waals surface area contributed by atoms with Crippen LogP contribution in [-0.2, 0) is 4.79 Å². The molecular weight excluding hydrogens is 492 g/mol. The van der Waals surface area contributed by atoms with Crippen LogP contribution in [0.3, 0.4) is 0 Å². The van der Waals surface area contributed by atoms with E-state index < -0.39 is 6.04 Å². The van der Waals surface area contributed by atoms with Gasteiger partial charge < -0.3 is 30.1 Å². The molecule has 37 heavy (non-hydrogen) atoms. The number of carbonyl (C=O) groups excluding carboxylic acids is 1. The van der Waals surface area contributed by atoms with Gasteiger partial charge >= 0.3 is 0 Å². The molecule has 1 aliphatic heterocycles. The topological polar surface area (TPSA) is 96.0 Å². The number of rotatable bonds is 12. The maximum Gasteiger partial charge on any atom is 0.234 e. The molecule has 4 rings (SSSR count). The first-order valence-corrected chi connectivity index (χ1v) is 13.2. The number of hydrogen-bond donors (Lipinski definition) is 3. The van der Waals surface area contributed by atoms with Gasteiger partial charge in [0.15, 0.2) is 11.5 Å². The third-order valence-corrected chi connectivity index (χ3v) is 7.12. The lowest BCUT2D eigenvalue weighted by Crippen LogP contribution is -2.40. The molecule has 0 bridgehead atoms. The van der Waals surface area contributed by atoms with Crippen LogP contribution < -0.4 is 20.1 Å². The highest BCUT2D eigenvalue weighted by molar-refractivity contribution is 6.35. The number of phenols is 1. The number of aromatic hydroxyl groups is 1. The van der Waals surface area contributed by atoms with Crippen molar-refractivity contribution in [2.75, 3.05) is 33.0 Å². The van der Waals surface area contributed by atoms with Crippen LogP contribution in [0.25, 0.3) is 10.9 Å². The Bertz CT molecular complexity index is 1230. The second-order valence-corrected chi connectivity index (χ2v) is 9.67. The second kappa shape index (κ2) is 12.4. The molecule has 9 heteroatoms. The van der Waals surface area contributed by atoms with Crippen molar-refractivity contribution in [1.29, 1.82) is 0 Å². The van der Waals surface area contributed by atoms with Gasteiger partial charge in [0, 0.05) is 23.2 Å². The molecule has 0 saturated heterocycles. The Balaban J connectivity index is 1.52. The van der Waals surface area contributed by atoms with Crippen molar-refractivity contribution in [2.45, 2.75) is 45.7 Å². The zero-order valence-corrected chi connectivity index (χ0v) is 22.3. The van der Waals surface area contributed by atoms with Gasteiger partial charge in [-0.25, -0.2) is 0 Å². The number of hydrogen-bond acceptors (Lipinski definition) is 7. The fourth-order valence-electron chi connectivity index (χ4n) is 4.60. The molecule has 1 aromatic heterocycles. The zero-order chi connectivity index (χ0) is 26.4. The molecule has 3 N–H and O–H groups in total. The summed E-state index contributed by atoms with van der Waals surface area (Å²) in [7, 11) is 0. The van der Waals surface area contributed by atoms with E-state index in [4.69, 9.17) is 21.1 Å². The molecule has 0 fully saturated rings. The summed E-state index contributed by atoms with van der Waals surface area (Å²) < 4.78 is 11.0. The standard InChI is InChI=1S/C28H35ClN4O4/c1-4-33(5-2)13-7-8-18(3)31-16-25(34)32-26(19-10-11-23-24(14-19)37-17-36-23)21-15-22(29)20-9-6-12-30-27(20)28(21)35/h6,9-12,14-15,18,26,31,35H,4-5,7-8,13,16-17H2,1-3H3,(H,32,34). The van der Waals surface area contributed by atoms with Crippen LogP contribution in [0.15, 0.2) is 42.6 Å². The van der Waals surface area contributed by atoms with Gasteiger partial charge in [0.1, 0.15) is 11.3 Å². The number of pyridine rings is 1. The van der Waals surface area contributed by atoms with E-state index in [0.717, 1.165) is 38.0 Å². The smallest absolute Gasteiger partial charge is 0.234 e. The highest BCUT2D eigenvalue weighted by Crippen LogP contribution is 2.41. The van der Waals surface area contributed by atoms with Gasteiger partial charge in [-0.1, -0.05) is 31.5 Å². The number of amides is 1. The van der Waals surface area contributed by atoms with Crippen LogP contribution in [0.2, 0.25) is 5.02 Å². The highest BCUT2D eigenvalue weighted by atomic mass is 35.5. The van der Waals surface area contributed by atoms with Crippen LogP contribution in [0.1, 0.15) is 50.8 Å².